The Bertz CT molecular complexity index is 272. The van der Waals surface area contributed by atoms with Gasteiger partial charge in [0.05, 0.1) is 0 Å². The summed E-state index contributed by atoms with van der Waals surface area (Å²) in [5, 5.41) is 17.4. The van der Waals surface area contributed by atoms with Crippen LogP contribution >= 0.6 is 0 Å². The van der Waals surface area contributed by atoms with E-state index in [2.05, 4.69) is 6.92 Å². The van der Waals surface area contributed by atoms with Gasteiger partial charge in [0.15, 0.2) is 6.10 Å². The maximum Gasteiger partial charge on any atom is 0.337 e. The molecule has 0 amide bonds. The van der Waals surface area contributed by atoms with Crippen LogP contribution in [-0.4, -0.2) is 22.7 Å². The van der Waals surface area contributed by atoms with E-state index in [0.29, 0.717) is 5.56 Å². The van der Waals surface area contributed by atoms with Gasteiger partial charge in [-0.1, -0.05) is 37.3 Å². The van der Waals surface area contributed by atoms with Crippen molar-refractivity contribution in [2.45, 2.75) is 19.4 Å². The minimum atomic E-state index is -1.41. The molecular formula is C11H17NO3. The summed E-state index contributed by atoms with van der Waals surface area (Å²) in [6, 6.07) is 8.26. The summed E-state index contributed by atoms with van der Waals surface area (Å²) in [6.07, 6.45) is -0.309. The molecule has 15 heavy (non-hydrogen) atoms. The van der Waals surface area contributed by atoms with E-state index in [1.807, 2.05) is 0 Å². The van der Waals surface area contributed by atoms with Gasteiger partial charge in [-0.25, -0.2) is 4.79 Å². The first-order valence-electron chi connectivity index (χ1n) is 4.79. The van der Waals surface area contributed by atoms with Gasteiger partial charge < -0.3 is 15.9 Å². The number of benzene rings is 1. The van der Waals surface area contributed by atoms with E-state index in [9.17, 15) is 4.79 Å². The quantitative estimate of drug-likeness (QED) is 0.700. The Morgan fingerprint density at radius 3 is 2.20 bits per heavy atom. The fourth-order valence-corrected chi connectivity index (χ4v) is 0.778. The molecule has 0 aliphatic heterocycles. The summed E-state index contributed by atoms with van der Waals surface area (Å²) in [6.45, 7) is 2.88. The molecule has 4 heteroatoms. The molecule has 1 aromatic rings. The van der Waals surface area contributed by atoms with E-state index in [0.717, 1.165) is 13.0 Å². The van der Waals surface area contributed by atoms with Gasteiger partial charge in [-0.3, -0.25) is 0 Å². The van der Waals surface area contributed by atoms with Crippen molar-refractivity contribution in [1.82, 2.24) is 0 Å². The number of aliphatic hydroxyl groups excluding tert-OH is 1. The number of carbonyl (C=O) groups is 1. The second-order valence-electron chi connectivity index (χ2n) is 2.94. The molecule has 0 bridgehead atoms. The second-order valence-corrected chi connectivity index (χ2v) is 2.94. The Kier molecular flexibility index (Phi) is 7.23. The van der Waals surface area contributed by atoms with Crippen LogP contribution in [0.5, 0.6) is 0 Å². The second kappa shape index (κ2) is 7.96. The van der Waals surface area contributed by atoms with Gasteiger partial charge in [0.25, 0.3) is 0 Å². The molecule has 0 spiro atoms. The Balaban J connectivity index is 0.000000423. The predicted molar refractivity (Wildman–Crippen MR) is 58.4 cm³/mol. The standard InChI is InChI=1S/C8H8O3.C3H9N/c9-7(8(10)11)6-4-2-1-3-5-6;1-2-3-4/h1-5,7,9H,(H,10,11);2-4H2,1H3. The third kappa shape index (κ3) is 5.83. The lowest BCUT2D eigenvalue weighted by molar-refractivity contribution is -0.146. The molecular weight excluding hydrogens is 194 g/mol. The summed E-state index contributed by atoms with van der Waals surface area (Å²) in [7, 11) is 0. The number of nitrogens with two attached hydrogens (primary N) is 1. The van der Waals surface area contributed by atoms with Crippen LogP contribution in [0.3, 0.4) is 0 Å². The van der Waals surface area contributed by atoms with Crippen LogP contribution in [0.4, 0.5) is 0 Å². The highest BCUT2D eigenvalue weighted by molar-refractivity contribution is 5.73. The minimum absolute atomic E-state index is 0.403. The van der Waals surface area contributed by atoms with E-state index in [1.165, 1.54) is 0 Å². The Hall–Kier alpha value is -1.39. The van der Waals surface area contributed by atoms with Crippen LogP contribution < -0.4 is 5.73 Å². The first-order valence-corrected chi connectivity index (χ1v) is 4.79. The average molecular weight is 211 g/mol. The lowest BCUT2D eigenvalue weighted by atomic mass is 10.1. The molecule has 0 aromatic heterocycles. The maximum atomic E-state index is 10.2. The average Bonchev–Trinajstić information content (AvgIpc) is 2.29. The van der Waals surface area contributed by atoms with Crippen molar-refractivity contribution >= 4 is 5.97 Å². The van der Waals surface area contributed by atoms with Crippen molar-refractivity contribution in [1.29, 1.82) is 0 Å². The molecule has 84 valence electrons. The van der Waals surface area contributed by atoms with Gasteiger partial charge in [-0.05, 0) is 18.5 Å². The SMILES string of the molecule is CCCN.O=C(O)C(O)c1ccccc1. The number of aliphatic hydroxyl groups is 1. The molecule has 0 aliphatic carbocycles. The van der Waals surface area contributed by atoms with E-state index < -0.39 is 12.1 Å². The van der Waals surface area contributed by atoms with E-state index in [1.54, 1.807) is 30.3 Å². The Labute approximate surface area is 89.4 Å². The maximum absolute atomic E-state index is 10.2. The first-order chi connectivity index (χ1) is 7.13. The Morgan fingerprint density at radius 2 is 1.87 bits per heavy atom. The monoisotopic (exact) mass is 211 g/mol. The van der Waals surface area contributed by atoms with Gasteiger partial charge in [0.1, 0.15) is 0 Å². The van der Waals surface area contributed by atoms with Crippen LogP contribution in [0.25, 0.3) is 0 Å². The number of hydrogen-bond acceptors (Lipinski definition) is 3. The van der Waals surface area contributed by atoms with E-state index in [4.69, 9.17) is 15.9 Å². The summed E-state index contributed by atoms with van der Waals surface area (Å²) in [5.74, 6) is -1.23. The van der Waals surface area contributed by atoms with E-state index >= 15 is 0 Å². The zero-order valence-corrected chi connectivity index (χ0v) is 8.76. The normalized spacial score (nSPS) is 11.1. The molecule has 1 aromatic carbocycles. The van der Waals surface area contributed by atoms with Crippen LogP contribution in [0.2, 0.25) is 0 Å². The zero-order chi connectivity index (χ0) is 11.7. The molecule has 0 aliphatic rings. The topological polar surface area (TPSA) is 83.6 Å². The van der Waals surface area contributed by atoms with Crippen LogP contribution in [0, 0.1) is 0 Å². The van der Waals surface area contributed by atoms with Gasteiger partial charge in [-0.2, -0.15) is 0 Å². The zero-order valence-electron chi connectivity index (χ0n) is 8.76. The highest BCUT2D eigenvalue weighted by Gasteiger charge is 2.14. The molecule has 1 unspecified atom stereocenters. The molecule has 0 saturated carbocycles. The van der Waals surface area contributed by atoms with Crippen molar-refractivity contribution in [3.05, 3.63) is 35.9 Å². The van der Waals surface area contributed by atoms with Crippen LogP contribution in [0.15, 0.2) is 30.3 Å². The van der Waals surface area contributed by atoms with Crippen molar-refractivity contribution in [2.24, 2.45) is 5.73 Å². The lowest BCUT2D eigenvalue weighted by Gasteiger charge is -2.03. The number of hydrogen-bond donors (Lipinski definition) is 3. The van der Waals surface area contributed by atoms with Crippen molar-refractivity contribution in [3.8, 4) is 0 Å². The molecule has 0 radical (unpaired) electrons. The third-order valence-corrected chi connectivity index (χ3v) is 1.64. The summed E-state index contributed by atoms with van der Waals surface area (Å²) < 4.78 is 0. The van der Waals surface area contributed by atoms with Crippen LogP contribution in [0.1, 0.15) is 25.0 Å². The predicted octanol–water partition coefficient (Wildman–Crippen LogP) is 1.16. The minimum Gasteiger partial charge on any atom is -0.479 e. The van der Waals surface area contributed by atoms with Gasteiger partial charge in [-0.15, -0.1) is 0 Å². The van der Waals surface area contributed by atoms with E-state index in [-0.39, 0.29) is 0 Å². The van der Waals surface area contributed by atoms with Gasteiger partial charge in [0, 0.05) is 0 Å². The largest absolute Gasteiger partial charge is 0.479 e. The summed E-state index contributed by atoms with van der Waals surface area (Å²) in [5.41, 5.74) is 5.43. The fraction of sp³-hybridized carbons (Fsp3) is 0.364. The first kappa shape index (κ1) is 13.6. The number of carboxylic acid groups (broad SMARTS) is 1. The number of aliphatic carboxylic acids is 1. The third-order valence-electron chi connectivity index (χ3n) is 1.64. The van der Waals surface area contributed by atoms with Crippen molar-refractivity contribution in [3.63, 3.8) is 0 Å². The number of carboxylic acids is 1. The molecule has 0 fully saturated rings. The van der Waals surface area contributed by atoms with Crippen LogP contribution in [-0.2, 0) is 4.79 Å². The van der Waals surface area contributed by atoms with Crippen molar-refractivity contribution in [2.75, 3.05) is 6.54 Å². The summed E-state index contributed by atoms with van der Waals surface area (Å²) in [4.78, 5) is 10.2. The van der Waals surface area contributed by atoms with Gasteiger partial charge in [0.2, 0.25) is 0 Å². The number of rotatable bonds is 3. The highest BCUT2D eigenvalue weighted by Crippen LogP contribution is 2.10. The molecule has 4 N–H and O–H groups in total. The summed E-state index contributed by atoms with van der Waals surface area (Å²) >= 11 is 0. The molecule has 0 saturated heterocycles. The molecule has 4 nitrogen and oxygen atoms in total. The lowest BCUT2D eigenvalue weighted by Crippen LogP contribution is -2.09. The molecule has 1 atom stereocenters. The van der Waals surface area contributed by atoms with Gasteiger partial charge >= 0.3 is 5.97 Å². The Morgan fingerprint density at radius 1 is 1.40 bits per heavy atom. The molecule has 0 heterocycles. The smallest absolute Gasteiger partial charge is 0.337 e. The van der Waals surface area contributed by atoms with Crippen molar-refractivity contribution < 1.29 is 15.0 Å². The molecule has 1 rings (SSSR count). The highest BCUT2D eigenvalue weighted by atomic mass is 16.4. The fourth-order valence-electron chi connectivity index (χ4n) is 0.778.